The third-order valence-electron chi connectivity index (χ3n) is 3.35. The number of amides is 2. The van der Waals surface area contributed by atoms with Crippen LogP contribution in [0.4, 0.5) is 0 Å². The van der Waals surface area contributed by atoms with E-state index in [1.807, 2.05) is 37.4 Å². The van der Waals surface area contributed by atoms with Crippen LogP contribution in [0, 0.1) is 6.92 Å². The molecule has 0 saturated heterocycles. The highest BCUT2D eigenvalue weighted by Crippen LogP contribution is 2.17. The molecule has 0 aliphatic rings. The zero-order valence-corrected chi connectivity index (χ0v) is 17.5. The number of carbonyl (C=O) groups excluding carboxylic acids is 2. The van der Waals surface area contributed by atoms with Crippen LogP contribution < -0.4 is 15.6 Å². The second kappa shape index (κ2) is 11.5. The molecule has 1 aromatic carbocycles. The Morgan fingerprint density at radius 3 is 2.38 bits per heavy atom. The molecule has 1 atom stereocenters. The van der Waals surface area contributed by atoms with Gasteiger partial charge in [0.1, 0.15) is 6.04 Å². The van der Waals surface area contributed by atoms with Gasteiger partial charge in [0.2, 0.25) is 15.9 Å². The number of hydrogen-bond acceptors (Lipinski definition) is 6. The largest absolute Gasteiger partial charge is 0.272 e. The molecule has 146 valence electrons. The maximum atomic E-state index is 12.2. The molecule has 1 rings (SSSR count). The number of benzene rings is 1. The van der Waals surface area contributed by atoms with Crippen molar-refractivity contribution in [1.82, 2.24) is 15.6 Å². The fourth-order valence-electron chi connectivity index (χ4n) is 1.82. The fourth-order valence-corrected chi connectivity index (χ4v) is 3.81. The van der Waals surface area contributed by atoms with E-state index in [4.69, 9.17) is 0 Å². The number of carbonyl (C=O) groups is 2. The summed E-state index contributed by atoms with van der Waals surface area (Å²) < 4.78 is 25.8. The Morgan fingerprint density at radius 1 is 1.15 bits per heavy atom. The van der Waals surface area contributed by atoms with E-state index < -0.39 is 22.0 Å². The van der Waals surface area contributed by atoms with Crippen LogP contribution in [0.2, 0.25) is 0 Å². The first-order valence-electron chi connectivity index (χ1n) is 8.04. The lowest BCUT2D eigenvalue weighted by molar-refractivity contribution is -0.128. The molecule has 0 fully saturated rings. The number of aryl methyl sites for hydroxylation is 1. The third kappa shape index (κ3) is 8.93. The maximum absolute atomic E-state index is 12.2. The van der Waals surface area contributed by atoms with Crippen LogP contribution in [-0.4, -0.2) is 49.8 Å². The summed E-state index contributed by atoms with van der Waals surface area (Å²) in [5, 5.41) is 0. The SMILES string of the molecule is CCS(=O)(=O)NC(CCSC)C(=O)NNC(=O)CSc1ccc(C)cc1. The van der Waals surface area contributed by atoms with Crippen LogP contribution in [0.1, 0.15) is 18.9 Å². The van der Waals surface area contributed by atoms with Crippen LogP contribution in [0.5, 0.6) is 0 Å². The first-order valence-corrected chi connectivity index (χ1v) is 12.1. The lowest BCUT2D eigenvalue weighted by Gasteiger charge is -2.18. The second-order valence-electron chi connectivity index (χ2n) is 5.49. The molecule has 1 unspecified atom stereocenters. The van der Waals surface area contributed by atoms with Crippen molar-refractivity contribution >= 4 is 45.4 Å². The lowest BCUT2D eigenvalue weighted by atomic mass is 10.2. The molecule has 1 aromatic rings. The zero-order valence-electron chi connectivity index (χ0n) is 15.1. The van der Waals surface area contributed by atoms with E-state index in [-0.39, 0.29) is 17.4 Å². The molecule has 0 aliphatic carbocycles. The van der Waals surface area contributed by atoms with Crippen LogP contribution >= 0.6 is 23.5 Å². The molecule has 2 amide bonds. The van der Waals surface area contributed by atoms with Gasteiger partial charge in [-0.25, -0.2) is 13.1 Å². The Hall–Kier alpha value is -1.23. The predicted octanol–water partition coefficient (Wildman–Crippen LogP) is 1.30. The minimum Gasteiger partial charge on any atom is -0.272 e. The van der Waals surface area contributed by atoms with Gasteiger partial charge in [-0.2, -0.15) is 11.8 Å². The number of rotatable bonds is 10. The van der Waals surface area contributed by atoms with E-state index in [1.165, 1.54) is 30.4 Å². The van der Waals surface area contributed by atoms with E-state index in [9.17, 15) is 18.0 Å². The van der Waals surface area contributed by atoms with Crippen LogP contribution in [0.3, 0.4) is 0 Å². The summed E-state index contributed by atoms with van der Waals surface area (Å²) in [6.45, 7) is 3.48. The number of hydrogen-bond donors (Lipinski definition) is 3. The van der Waals surface area contributed by atoms with Gasteiger partial charge >= 0.3 is 0 Å². The van der Waals surface area contributed by atoms with E-state index >= 15 is 0 Å². The average Bonchev–Trinajstić information content (AvgIpc) is 2.62. The molecule has 0 aromatic heterocycles. The van der Waals surface area contributed by atoms with E-state index in [1.54, 1.807) is 0 Å². The number of hydrazine groups is 1. The van der Waals surface area contributed by atoms with E-state index in [0.29, 0.717) is 12.2 Å². The Kier molecular flexibility index (Phi) is 10.1. The van der Waals surface area contributed by atoms with Gasteiger partial charge in [0, 0.05) is 4.90 Å². The van der Waals surface area contributed by atoms with Crippen molar-refractivity contribution in [2.24, 2.45) is 0 Å². The summed E-state index contributed by atoms with van der Waals surface area (Å²) in [6, 6.07) is 6.83. The van der Waals surface area contributed by atoms with Gasteiger partial charge in [-0.3, -0.25) is 20.4 Å². The summed E-state index contributed by atoms with van der Waals surface area (Å²) in [5.74, 6) is -0.313. The standard InChI is InChI=1S/C16H25N3O4S3/c1-4-26(22,23)19-14(9-10-24-3)16(21)18-17-15(20)11-25-13-7-5-12(2)6-8-13/h5-8,14,19H,4,9-11H2,1-3H3,(H,17,20)(H,18,21). The second-order valence-corrected chi connectivity index (χ2v) is 9.57. The molecule has 0 spiro atoms. The Balaban J connectivity index is 2.49. The van der Waals surface area contributed by atoms with Gasteiger partial charge in [0.05, 0.1) is 11.5 Å². The summed E-state index contributed by atoms with van der Waals surface area (Å²) in [6.07, 6.45) is 2.20. The van der Waals surface area contributed by atoms with Crippen LogP contribution in [0.15, 0.2) is 29.2 Å². The minimum absolute atomic E-state index is 0.115. The molecule has 0 radical (unpaired) electrons. The summed E-state index contributed by atoms with van der Waals surface area (Å²) in [4.78, 5) is 25.0. The van der Waals surface area contributed by atoms with Gasteiger partial charge in [-0.1, -0.05) is 17.7 Å². The fraction of sp³-hybridized carbons (Fsp3) is 0.500. The van der Waals surface area contributed by atoms with Crippen molar-refractivity contribution in [2.75, 3.05) is 23.5 Å². The average molecular weight is 420 g/mol. The molecule has 26 heavy (non-hydrogen) atoms. The monoisotopic (exact) mass is 419 g/mol. The number of nitrogens with one attached hydrogen (secondary N) is 3. The molecule has 0 bridgehead atoms. The smallest absolute Gasteiger partial charge is 0.256 e. The highest BCUT2D eigenvalue weighted by atomic mass is 32.2. The van der Waals surface area contributed by atoms with Crippen molar-refractivity contribution in [1.29, 1.82) is 0 Å². The molecule has 0 heterocycles. The normalized spacial score (nSPS) is 12.4. The molecule has 10 heteroatoms. The quantitative estimate of drug-likeness (QED) is 0.390. The summed E-state index contributed by atoms with van der Waals surface area (Å²) >= 11 is 2.85. The number of thioether (sulfide) groups is 2. The van der Waals surface area contributed by atoms with Crippen LogP contribution in [0.25, 0.3) is 0 Å². The Labute approximate surface area is 163 Å². The Morgan fingerprint density at radius 2 is 1.81 bits per heavy atom. The highest BCUT2D eigenvalue weighted by molar-refractivity contribution is 8.00. The van der Waals surface area contributed by atoms with Gasteiger partial charge < -0.3 is 0 Å². The first-order chi connectivity index (χ1) is 12.3. The van der Waals surface area contributed by atoms with Crippen molar-refractivity contribution in [3.05, 3.63) is 29.8 Å². The van der Waals surface area contributed by atoms with Gasteiger partial charge in [-0.05, 0) is 44.4 Å². The molecule has 0 aliphatic heterocycles. The van der Waals surface area contributed by atoms with Gasteiger partial charge in [0.25, 0.3) is 5.91 Å². The topological polar surface area (TPSA) is 104 Å². The van der Waals surface area contributed by atoms with Crippen LogP contribution in [-0.2, 0) is 19.6 Å². The van der Waals surface area contributed by atoms with E-state index in [2.05, 4.69) is 15.6 Å². The molecule has 7 nitrogen and oxygen atoms in total. The molecular formula is C16H25N3O4S3. The third-order valence-corrected chi connectivity index (χ3v) is 6.40. The Bertz CT molecular complexity index is 693. The molecule has 0 saturated carbocycles. The zero-order chi connectivity index (χ0) is 19.6. The molecule has 3 N–H and O–H groups in total. The van der Waals surface area contributed by atoms with Crippen molar-refractivity contribution < 1.29 is 18.0 Å². The summed E-state index contributed by atoms with van der Waals surface area (Å²) in [7, 11) is -3.52. The predicted molar refractivity (Wildman–Crippen MR) is 108 cm³/mol. The highest BCUT2D eigenvalue weighted by Gasteiger charge is 2.23. The number of sulfonamides is 1. The minimum atomic E-state index is -3.52. The van der Waals surface area contributed by atoms with Crippen molar-refractivity contribution in [3.63, 3.8) is 0 Å². The lowest BCUT2D eigenvalue weighted by Crippen LogP contribution is -2.53. The first kappa shape index (κ1) is 22.8. The molecular weight excluding hydrogens is 394 g/mol. The van der Waals surface area contributed by atoms with Crippen molar-refractivity contribution in [3.8, 4) is 0 Å². The maximum Gasteiger partial charge on any atom is 0.256 e. The van der Waals surface area contributed by atoms with Gasteiger partial charge in [-0.15, -0.1) is 11.8 Å². The summed E-state index contributed by atoms with van der Waals surface area (Å²) in [5.41, 5.74) is 5.76. The van der Waals surface area contributed by atoms with E-state index in [0.717, 1.165) is 10.5 Å². The van der Waals surface area contributed by atoms with Crippen molar-refractivity contribution in [2.45, 2.75) is 31.2 Å². The van der Waals surface area contributed by atoms with Gasteiger partial charge in [0.15, 0.2) is 0 Å².